The largest absolute Gasteiger partial charge is 0.342 e. The van der Waals surface area contributed by atoms with E-state index in [4.69, 9.17) is 0 Å². The van der Waals surface area contributed by atoms with Gasteiger partial charge in [-0.1, -0.05) is 0 Å². The van der Waals surface area contributed by atoms with Gasteiger partial charge in [0.15, 0.2) is 0 Å². The summed E-state index contributed by atoms with van der Waals surface area (Å²) in [5.41, 5.74) is -0.601. The molecule has 2 nitrogen and oxygen atoms in total. The Morgan fingerprint density at radius 1 is 1.60 bits per heavy atom. The van der Waals surface area contributed by atoms with Crippen LogP contribution in [0.4, 0.5) is 8.78 Å². The molecule has 10 heavy (non-hydrogen) atoms. The van der Waals surface area contributed by atoms with Crippen LogP contribution in [0.15, 0.2) is 0 Å². The second-order valence-corrected chi connectivity index (χ2v) is 2.60. The predicted molar refractivity (Wildman–Crippen MR) is 31.4 cm³/mol. The number of alkyl halides is 2. The Hall–Kier alpha value is -0.670. The van der Waals surface area contributed by atoms with Crippen molar-refractivity contribution >= 4 is 6.41 Å². The van der Waals surface area contributed by atoms with Gasteiger partial charge in [-0.2, -0.15) is 0 Å². The van der Waals surface area contributed by atoms with Crippen LogP contribution < -0.4 is 5.32 Å². The van der Waals surface area contributed by atoms with Crippen molar-refractivity contribution in [1.82, 2.24) is 5.32 Å². The summed E-state index contributed by atoms with van der Waals surface area (Å²) < 4.78 is 23.4. The molecule has 0 aromatic rings. The molecule has 57 valence electrons. The number of nitrogens with one attached hydrogen (secondary N) is 1. The minimum atomic E-state index is -2.33. The topological polar surface area (TPSA) is 29.1 Å². The maximum atomic E-state index is 11.7. The molecular formula is C6H8F2NO. The summed E-state index contributed by atoms with van der Waals surface area (Å²) in [5, 5.41) is 2.28. The Bertz CT molecular complexity index is 134. The predicted octanol–water partition coefficient (Wildman–Crippen LogP) is 0.831. The van der Waals surface area contributed by atoms with Crippen molar-refractivity contribution in [1.29, 1.82) is 0 Å². The average molecular weight is 148 g/mol. The molecule has 0 saturated heterocycles. The van der Waals surface area contributed by atoms with E-state index in [1.807, 2.05) is 0 Å². The lowest BCUT2D eigenvalue weighted by Crippen LogP contribution is -2.31. The van der Waals surface area contributed by atoms with Crippen LogP contribution >= 0.6 is 0 Å². The monoisotopic (exact) mass is 148 g/mol. The smallest absolute Gasteiger partial charge is 0.309 e. The van der Waals surface area contributed by atoms with Gasteiger partial charge in [0, 0.05) is 12.0 Å². The second-order valence-electron chi connectivity index (χ2n) is 2.60. The zero-order valence-corrected chi connectivity index (χ0v) is 5.36. The van der Waals surface area contributed by atoms with E-state index < -0.39 is 12.0 Å². The highest BCUT2D eigenvalue weighted by atomic mass is 19.3. The minimum absolute atomic E-state index is 0.234. The zero-order chi connectivity index (χ0) is 7.61. The number of halogens is 2. The first kappa shape index (κ1) is 7.44. The third-order valence-electron chi connectivity index (χ3n) is 1.71. The number of hydrogen-bond donors (Lipinski definition) is 1. The molecule has 1 N–H and O–H groups in total. The summed E-state index contributed by atoms with van der Waals surface area (Å²) in [6.07, 6.45) is 0.197. The molecule has 0 heterocycles. The Morgan fingerprint density at radius 3 is 2.50 bits per heavy atom. The maximum absolute atomic E-state index is 11.7. The molecule has 1 radical (unpaired) electrons. The lowest BCUT2D eigenvalue weighted by molar-refractivity contribution is 0.121. The maximum Gasteiger partial charge on any atom is 0.309 e. The van der Waals surface area contributed by atoms with Crippen molar-refractivity contribution in [2.45, 2.75) is 31.2 Å². The molecule has 1 saturated carbocycles. The van der Waals surface area contributed by atoms with Crippen molar-refractivity contribution in [2.75, 3.05) is 0 Å². The highest BCUT2D eigenvalue weighted by molar-refractivity contribution is 5.50. The van der Waals surface area contributed by atoms with Crippen molar-refractivity contribution in [2.24, 2.45) is 0 Å². The first-order valence-electron chi connectivity index (χ1n) is 3.11. The van der Waals surface area contributed by atoms with Crippen LogP contribution in [0.3, 0.4) is 0 Å². The van der Waals surface area contributed by atoms with E-state index in [0.717, 1.165) is 0 Å². The molecule has 0 aromatic heterocycles. The van der Waals surface area contributed by atoms with Gasteiger partial charge in [-0.15, -0.1) is 0 Å². The van der Waals surface area contributed by atoms with E-state index in [2.05, 4.69) is 5.32 Å². The van der Waals surface area contributed by atoms with Crippen LogP contribution in [0, 0.1) is 0 Å². The van der Waals surface area contributed by atoms with Crippen molar-refractivity contribution in [3.05, 3.63) is 0 Å². The Labute approximate surface area is 57.6 Å². The van der Waals surface area contributed by atoms with E-state index >= 15 is 0 Å². The highest BCUT2D eigenvalue weighted by Gasteiger charge is 2.44. The molecule has 0 atom stereocenters. The zero-order valence-electron chi connectivity index (χ0n) is 5.36. The van der Waals surface area contributed by atoms with Gasteiger partial charge in [0.1, 0.15) is 0 Å². The summed E-state index contributed by atoms with van der Waals surface area (Å²) in [6, 6.07) is 0. The molecule has 0 spiro atoms. The van der Waals surface area contributed by atoms with Gasteiger partial charge in [-0.3, -0.25) is 4.79 Å². The van der Waals surface area contributed by atoms with Crippen LogP contribution in [0.2, 0.25) is 0 Å². The Morgan fingerprint density at radius 2 is 2.20 bits per heavy atom. The lowest BCUT2D eigenvalue weighted by atomic mass is 10.2. The first-order chi connectivity index (χ1) is 4.68. The molecule has 0 aromatic carbocycles. The number of carbonyl (C=O) groups excluding carboxylic acids is 1. The Kier molecular flexibility index (Phi) is 1.87. The summed E-state index contributed by atoms with van der Waals surface area (Å²) >= 11 is 0. The van der Waals surface area contributed by atoms with Crippen LogP contribution in [0.5, 0.6) is 0 Å². The molecule has 1 aliphatic carbocycles. The third-order valence-corrected chi connectivity index (χ3v) is 1.71. The molecule has 0 aliphatic heterocycles. The van der Waals surface area contributed by atoms with E-state index in [-0.39, 0.29) is 6.42 Å². The second kappa shape index (κ2) is 2.52. The fourth-order valence-electron chi connectivity index (χ4n) is 0.935. The fraction of sp³-hybridized carbons (Fsp3) is 0.833. The number of rotatable bonds is 4. The molecule has 0 bridgehead atoms. The molecule has 1 rings (SSSR count). The number of hydrogen-bond acceptors (Lipinski definition) is 1. The number of amides is 1. The molecule has 0 unspecified atom stereocenters. The van der Waals surface area contributed by atoms with Gasteiger partial charge in [0.05, 0.1) is 0 Å². The molecule has 4 heteroatoms. The molecule has 1 aliphatic rings. The standard InChI is InChI=1S/C6H8F2NO/c7-5(8)3-6(1-2-6)9-4-10/h5H,1-3H2,(H,9,10). The van der Waals surface area contributed by atoms with E-state index in [1.54, 1.807) is 0 Å². The normalized spacial score (nSPS) is 20.7. The summed E-state index contributed by atoms with van der Waals surface area (Å²) in [6.45, 7) is 0. The first-order valence-corrected chi connectivity index (χ1v) is 3.11. The van der Waals surface area contributed by atoms with Gasteiger partial charge in [0.25, 0.3) is 0 Å². The highest BCUT2D eigenvalue weighted by Crippen LogP contribution is 2.39. The van der Waals surface area contributed by atoms with Gasteiger partial charge in [-0.05, 0) is 12.8 Å². The molecule has 1 fully saturated rings. The Balaban J connectivity index is 2.30. The third kappa shape index (κ3) is 1.65. The SMILES string of the molecule is O=[C]NC1(CC(F)F)CC1. The quantitative estimate of drug-likeness (QED) is 0.588. The van der Waals surface area contributed by atoms with E-state index in [1.165, 1.54) is 6.41 Å². The van der Waals surface area contributed by atoms with Crippen LogP contribution in [0.1, 0.15) is 19.3 Å². The molecule has 1 amide bonds. The van der Waals surface area contributed by atoms with Crippen LogP contribution in [-0.2, 0) is 4.79 Å². The van der Waals surface area contributed by atoms with Crippen molar-refractivity contribution < 1.29 is 13.6 Å². The molecular weight excluding hydrogens is 140 g/mol. The van der Waals surface area contributed by atoms with Crippen molar-refractivity contribution in [3.8, 4) is 0 Å². The van der Waals surface area contributed by atoms with Crippen LogP contribution in [0.25, 0.3) is 0 Å². The van der Waals surface area contributed by atoms with Crippen LogP contribution in [-0.4, -0.2) is 18.4 Å². The fourth-order valence-corrected chi connectivity index (χ4v) is 0.935. The summed E-state index contributed by atoms with van der Waals surface area (Å²) in [5.74, 6) is 0. The van der Waals surface area contributed by atoms with Gasteiger partial charge >= 0.3 is 6.41 Å². The van der Waals surface area contributed by atoms with Gasteiger partial charge < -0.3 is 5.32 Å². The van der Waals surface area contributed by atoms with Gasteiger partial charge in [0.2, 0.25) is 6.43 Å². The summed E-state index contributed by atoms with van der Waals surface area (Å²) in [4.78, 5) is 9.76. The summed E-state index contributed by atoms with van der Waals surface area (Å²) in [7, 11) is 0. The van der Waals surface area contributed by atoms with E-state index in [0.29, 0.717) is 12.8 Å². The van der Waals surface area contributed by atoms with Crippen molar-refractivity contribution in [3.63, 3.8) is 0 Å². The van der Waals surface area contributed by atoms with E-state index in [9.17, 15) is 13.6 Å². The minimum Gasteiger partial charge on any atom is -0.342 e. The average Bonchev–Trinajstić information content (AvgIpc) is 2.47. The lowest BCUT2D eigenvalue weighted by Gasteiger charge is -2.11. The van der Waals surface area contributed by atoms with Gasteiger partial charge in [-0.25, -0.2) is 8.78 Å².